The Morgan fingerprint density at radius 3 is 1.46 bits per heavy atom. The second-order valence-electron chi connectivity index (χ2n) is 12.4. The zero-order valence-electron chi connectivity index (χ0n) is 30.3. The van der Waals surface area contributed by atoms with Crippen molar-refractivity contribution in [2.75, 3.05) is 37.5 Å². The van der Waals surface area contributed by atoms with Crippen LogP contribution in [-0.4, -0.2) is 63.6 Å². The standard InChI is InChI=1S/C40H38N4O9S/c1-25-7-11-30(12-8-25)43-39(45)33(26(2)41-43)21-28-9-17-35(37(23-28)50-4)52-19-6-20-53-36-18-10-29(24-38(36)51-5)22-34-27(3)42-44(40(34)46)31-13-15-32(16-14-31)54(47,48)49/h7-18,21-24H,6,19-20H2,1-5H3,(H,47,48,49)/b33-21+,34-22-. The second kappa shape index (κ2) is 15.8. The number of amides is 2. The van der Waals surface area contributed by atoms with E-state index in [0.29, 0.717) is 82.1 Å². The summed E-state index contributed by atoms with van der Waals surface area (Å²) in [7, 11) is -1.28. The van der Waals surface area contributed by atoms with Crippen molar-refractivity contribution in [2.24, 2.45) is 10.2 Å². The zero-order valence-corrected chi connectivity index (χ0v) is 31.1. The van der Waals surface area contributed by atoms with Gasteiger partial charge in [0.05, 0.1) is 66.3 Å². The molecule has 1 N–H and O–H groups in total. The number of hydrogen-bond acceptors (Lipinski definition) is 10. The summed E-state index contributed by atoms with van der Waals surface area (Å²) >= 11 is 0. The first-order valence-corrected chi connectivity index (χ1v) is 18.3. The highest BCUT2D eigenvalue weighted by Gasteiger charge is 2.30. The first kappa shape index (κ1) is 37.5. The van der Waals surface area contributed by atoms with Crippen LogP contribution in [0.5, 0.6) is 23.0 Å². The van der Waals surface area contributed by atoms with Crippen LogP contribution < -0.4 is 29.0 Å². The summed E-state index contributed by atoms with van der Waals surface area (Å²) in [6, 6.07) is 23.6. The van der Waals surface area contributed by atoms with Gasteiger partial charge in [-0.25, -0.2) is 0 Å². The van der Waals surface area contributed by atoms with Crippen LogP contribution in [0.3, 0.4) is 0 Å². The number of carbonyl (C=O) groups is 2. The molecule has 4 aromatic carbocycles. The molecule has 6 rings (SSSR count). The van der Waals surface area contributed by atoms with Gasteiger partial charge >= 0.3 is 0 Å². The van der Waals surface area contributed by atoms with E-state index in [2.05, 4.69) is 10.2 Å². The van der Waals surface area contributed by atoms with E-state index in [1.807, 2.05) is 43.3 Å². The van der Waals surface area contributed by atoms with E-state index in [1.54, 1.807) is 57.4 Å². The highest BCUT2D eigenvalue weighted by molar-refractivity contribution is 7.85. The number of benzene rings is 4. The van der Waals surface area contributed by atoms with Crippen molar-refractivity contribution in [3.05, 3.63) is 113 Å². The third kappa shape index (κ3) is 8.19. The van der Waals surface area contributed by atoms with Crippen LogP contribution in [0, 0.1) is 6.92 Å². The molecule has 13 nitrogen and oxygen atoms in total. The van der Waals surface area contributed by atoms with Crippen molar-refractivity contribution in [2.45, 2.75) is 32.1 Å². The molecule has 2 heterocycles. The van der Waals surface area contributed by atoms with Crippen LogP contribution in [0.2, 0.25) is 0 Å². The van der Waals surface area contributed by atoms with Gasteiger partial charge in [0, 0.05) is 6.42 Å². The number of anilines is 2. The summed E-state index contributed by atoms with van der Waals surface area (Å²) in [5.74, 6) is 1.45. The molecular weight excluding hydrogens is 713 g/mol. The van der Waals surface area contributed by atoms with Gasteiger partial charge in [0.2, 0.25) is 0 Å². The number of nitrogens with zero attached hydrogens (tertiary/aromatic N) is 4. The van der Waals surface area contributed by atoms with E-state index in [4.69, 9.17) is 18.9 Å². The number of aryl methyl sites for hydroxylation is 1. The molecule has 0 radical (unpaired) electrons. The van der Waals surface area contributed by atoms with E-state index in [9.17, 15) is 22.6 Å². The molecule has 0 saturated carbocycles. The molecule has 0 spiro atoms. The molecule has 4 aromatic rings. The average Bonchev–Trinajstić information content (AvgIpc) is 3.60. The van der Waals surface area contributed by atoms with Crippen LogP contribution in [0.15, 0.2) is 111 Å². The molecular formula is C40H38N4O9S. The molecule has 0 aromatic heterocycles. The summed E-state index contributed by atoms with van der Waals surface area (Å²) in [6.45, 7) is 6.16. The normalized spacial score (nSPS) is 15.9. The molecule has 2 aliphatic rings. The summed E-state index contributed by atoms with van der Waals surface area (Å²) < 4.78 is 55.1. The Bertz CT molecular complexity index is 2330. The fraction of sp³-hybridized carbons (Fsp3) is 0.200. The van der Waals surface area contributed by atoms with Gasteiger partial charge in [-0.2, -0.15) is 28.6 Å². The molecule has 0 atom stereocenters. The lowest BCUT2D eigenvalue weighted by molar-refractivity contribution is -0.115. The van der Waals surface area contributed by atoms with Crippen molar-refractivity contribution in [1.29, 1.82) is 0 Å². The summed E-state index contributed by atoms with van der Waals surface area (Å²) in [6.07, 6.45) is 4.02. The largest absolute Gasteiger partial charge is 0.493 e. The minimum Gasteiger partial charge on any atom is -0.493 e. The molecule has 0 unspecified atom stereocenters. The lowest BCUT2D eigenvalue weighted by Gasteiger charge is -2.14. The lowest BCUT2D eigenvalue weighted by atomic mass is 10.1. The maximum atomic E-state index is 13.2. The summed E-state index contributed by atoms with van der Waals surface area (Å²) in [5, 5.41) is 11.4. The summed E-state index contributed by atoms with van der Waals surface area (Å²) in [5.41, 5.74) is 5.53. The number of ether oxygens (including phenoxy) is 4. The smallest absolute Gasteiger partial charge is 0.294 e. The molecule has 278 valence electrons. The topological polar surface area (TPSA) is 157 Å². The minimum absolute atomic E-state index is 0.203. The van der Waals surface area contributed by atoms with Gasteiger partial charge in [-0.05, 0) is 105 Å². The SMILES string of the molecule is COc1cc(/C=C2\C(=O)N(c3ccc(S(=O)(=O)O)cc3)N=C2C)ccc1OCCCOc1ccc(/C=C2/C(=O)N(c3ccc(C)cc3)N=C2C)cc1OC. The van der Waals surface area contributed by atoms with Gasteiger partial charge in [0.25, 0.3) is 21.9 Å². The number of hydrogen-bond donors (Lipinski definition) is 1. The molecule has 2 amide bonds. The molecule has 0 bridgehead atoms. The predicted molar refractivity (Wildman–Crippen MR) is 206 cm³/mol. The monoisotopic (exact) mass is 750 g/mol. The number of carbonyl (C=O) groups excluding carboxylic acids is 2. The Labute approximate surface area is 313 Å². The highest BCUT2D eigenvalue weighted by Crippen LogP contribution is 2.33. The maximum absolute atomic E-state index is 13.2. The summed E-state index contributed by atoms with van der Waals surface area (Å²) in [4.78, 5) is 26.1. The Hall–Kier alpha value is -6.25. The average molecular weight is 751 g/mol. The number of hydrazone groups is 2. The molecule has 0 aliphatic carbocycles. The predicted octanol–water partition coefficient (Wildman–Crippen LogP) is 6.72. The van der Waals surface area contributed by atoms with Gasteiger partial charge in [-0.3, -0.25) is 14.1 Å². The highest BCUT2D eigenvalue weighted by atomic mass is 32.2. The Kier molecular flexibility index (Phi) is 11.0. The molecule has 54 heavy (non-hydrogen) atoms. The van der Waals surface area contributed by atoms with Gasteiger partial charge in [0.15, 0.2) is 23.0 Å². The van der Waals surface area contributed by atoms with E-state index >= 15 is 0 Å². The third-order valence-corrected chi connectivity index (χ3v) is 9.45. The van der Waals surface area contributed by atoms with E-state index in [0.717, 1.165) is 11.1 Å². The van der Waals surface area contributed by atoms with Gasteiger partial charge in [0.1, 0.15) is 0 Å². The lowest BCUT2D eigenvalue weighted by Crippen LogP contribution is -2.21. The Morgan fingerprint density at radius 2 is 1.06 bits per heavy atom. The van der Waals surface area contributed by atoms with Crippen molar-refractivity contribution < 1.29 is 41.5 Å². The van der Waals surface area contributed by atoms with Gasteiger partial charge in [-0.1, -0.05) is 29.8 Å². The number of methoxy groups -OCH3 is 2. The maximum Gasteiger partial charge on any atom is 0.294 e. The van der Waals surface area contributed by atoms with E-state index in [1.165, 1.54) is 41.4 Å². The Morgan fingerprint density at radius 1 is 0.630 bits per heavy atom. The number of rotatable bonds is 13. The van der Waals surface area contributed by atoms with Crippen LogP contribution in [0.4, 0.5) is 11.4 Å². The van der Waals surface area contributed by atoms with Crippen molar-refractivity contribution in [3.63, 3.8) is 0 Å². The van der Waals surface area contributed by atoms with Crippen LogP contribution in [-0.2, 0) is 19.7 Å². The van der Waals surface area contributed by atoms with Gasteiger partial charge < -0.3 is 18.9 Å². The van der Waals surface area contributed by atoms with Crippen molar-refractivity contribution >= 4 is 56.9 Å². The fourth-order valence-corrected chi connectivity index (χ4v) is 6.19. The Balaban J connectivity index is 1.03. The van der Waals surface area contributed by atoms with Gasteiger partial charge in [-0.15, -0.1) is 0 Å². The third-order valence-electron chi connectivity index (χ3n) is 8.58. The molecule has 14 heteroatoms. The van der Waals surface area contributed by atoms with Crippen LogP contribution >= 0.6 is 0 Å². The van der Waals surface area contributed by atoms with Crippen LogP contribution in [0.1, 0.15) is 37.0 Å². The van der Waals surface area contributed by atoms with Crippen molar-refractivity contribution in [3.8, 4) is 23.0 Å². The van der Waals surface area contributed by atoms with Crippen LogP contribution in [0.25, 0.3) is 12.2 Å². The molecule has 0 fully saturated rings. The zero-order chi connectivity index (χ0) is 38.6. The fourth-order valence-electron chi connectivity index (χ4n) is 5.71. The first-order chi connectivity index (χ1) is 25.9. The van der Waals surface area contributed by atoms with Crippen molar-refractivity contribution in [1.82, 2.24) is 0 Å². The van der Waals surface area contributed by atoms with E-state index in [-0.39, 0.29) is 10.8 Å². The van der Waals surface area contributed by atoms with E-state index < -0.39 is 16.0 Å². The molecule has 0 saturated heterocycles. The quantitative estimate of drug-likeness (QED) is 0.0891. The first-order valence-electron chi connectivity index (χ1n) is 16.9. The second-order valence-corrected chi connectivity index (χ2v) is 13.8. The molecule has 2 aliphatic heterocycles. The minimum atomic E-state index is -4.36.